The summed E-state index contributed by atoms with van der Waals surface area (Å²) in [6.07, 6.45) is -3.39. The van der Waals surface area contributed by atoms with Gasteiger partial charge in [0.25, 0.3) is 21.6 Å². The van der Waals surface area contributed by atoms with Gasteiger partial charge in [-0.3, -0.25) is 20.2 Å². The second-order valence-electron chi connectivity index (χ2n) is 13.0. The first-order valence-electron chi connectivity index (χ1n) is 18.3. The van der Waals surface area contributed by atoms with Gasteiger partial charge in [-0.2, -0.15) is 46.5 Å². The fourth-order valence-electron chi connectivity index (χ4n) is 4.68. The molecule has 5 rings (SSSR count). The maximum absolute atomic E-state index is 12.6. The van der Waals surface area contributed by atoms with E-state index in [0.717, 1.165) is 36.9 Å². The van der Waals surface area contributed by atoms with Crippen LogP contribution in [-0.2, 0) is 16.2 Å². The van der Waals surface area contributed by atoms with E-state index in [4.69, 9.17) is 42.5 Å². The van der Waals surface area contributed by atoms with Gasteiger partial charge in [0.15, 0.2) is 5.03 Å². The van der Waals surface area contributed by atoms with E-state index in [9.17, 15) is 46.1 Å². The Balaban J connectivity index is 0.000000277. The number of benzene rings is 2. The van der Waals surface area contributed by atoms with Crippen LogP contribution in [0.3, 0.4) is 0 Å². The van der Waals surface area contributed by atoms with Gasteiger partial charge in [-0.1, -0.05) is 11.6 Å². The van der Waals surface area contributed by atoms with Crippen molar-refractivity contribution < 1.29 is 60.2 Å². The Morgan fingerprint density at radius 3 is 2.08 bits per heavy atom. The number of hydrogen-bond donors (Lipinski definition) is 5. The third-order valence-corrected chi connectivity index (χ3v) is 9.21. The first kappa shape index (κ1) is 53.0. The minimum Gasteiger partial charge on any atom is -0.481 e. The molecule has 0 saturated heterocycles. The number of anilines is 3. The summed E-state index contributed by atoms with van der Waals surface area (Å²) in [4.78, 5) is 69.8. The number of nitro benzene ring substituents is 1. The van der Waals surface area contributed by atoms with Crippen molar-refractivity contribution in [2.24, 2.45) is 0 Å². The monoisotopic (exact) mass is 986 g/mol. The van der Waals surface area contributed by atoms with Crippen LogP contribution in [0.1, 0.15) is 47.1 Å². The van der Waals surface area contributed by atoms with Crippen LogP contribution in [0.15, 0.2) is 65.8 Å². The van der Waals surface area contributed by atoms with Crippen molar-refractivity contribution in [3.8, 4) is 23.3 Å². The standard InChI is InChI=1S/C15H18N6O6S.C14H7ClF3NO5.C8H14ClN5/c1-21(2)13(22)9-6-5-7-16-12(9)28(24,25)20-15(23)19-14-17-10(26-3)8-11(18-14)27-4;15-10-5-7(14(16,17)18)1-4-12(10)24-8-2-3-11(19(22)23)9(6-8)13(20)21;1-4-10-7-12-6(9)13-8(14-7)11-5(2)3/h5-8H,1-4H3,(H2,17,18,19,20,23);1-6H,(H,20,21);5H,4H2,1-3H3,(H2,10,11,12,13,14). The topological polar surface area (TPSA) is 305 Å². The molecular formula is C37H39Cl2F3N12O11S. The number of aromatic nitrogens is 6. The molecule has 3 aromatic heterocycles. The Morgan fingerprint density at radius 1 is 0.909 bits per heavy atom. The molecule has 23 nitrogen and oxygen atoms in total. The third-order valence-electron chi connectivity index (χ3n) is 7.46. The number of sulfonamides is 1. The van der Waals surface area contributed by atoms with E-state index in [-0.39, 0.29) is 51.1 Å². The van der Waals surface area contributed by atoms with Crippen molar-refractivity contribution in [1.82, 2.24) is 39.5 Å². The number of halogens is 5. The number of hydrogen-bond acceptors (Lipinski definition) is 18. The van der Waals surface area contributed by atoms with Gasteiger partial charge in [0.1, 0.15) is 17.1 Å². The molecule has 2 aromatic carbocycles. The zero-order valence-corrected chi connectivity index (χ0v) is 37.8. The van der Waals surface area contributed by atoms with Gasteiger partial charge in [0.05, 0.1) is 41.4 Å². The average molecular weight is 988 g/mol. The lowest BCUT2D eigenvalue weighted by molar-refractivity contribution is -0.385. The number of carboxylic acids is 1. The third kappa shape index (κ3) is 15.7. The van der Waals surface area contributed by atoms with Gasteiger partial charge in [-0.15, -0.1) is 0 Å². The van der Waals surface area contributed by atoms with E-state index < -0.39 is 60.9 Å². The van der Waals surface area contributed by atoms with Gasteiger partial charge in [-0.05, 0) is 68.8 Å². The number of rotatable bonds is 14. The molecule has 0 saturated carbocycles. The number of aromatic carboxylic acids is 1. The van der Waals surface area contributed by atoms with E-state index >= 15 is 0 Å². The summed E-state index contributed by atoms with van der Waals surface area (Å²) in [5, 5.41) is 27.2. The van der Waals surface area contributed by atoms with Crippen molar-refractivity contribution in [3.63, 3.8) is 0 Å². The number of methoxy groups -OCH3 is 2. The zero-order chi connectivity index (χ0) is 49.5. The zero-order valence-electron chi connectivity index (χ0n) is 35.5. The van der Waals surface area contributed by atoms with E-state index in [1.54, 1.807) is 4.72 Å². The van der Waals surface area contributed by atoms with Crippen molar-refractivity contribution in [1.29, 1.82) is 0 Å². The maximum atomic E-state index is 12.6. The molecule has 0 spiro atoms. The van der Waals surface area contributed by atoms with Crippen LogP contribution in [-0.4, -0.2) is 112 Å². The molecule has 29 heteroatoms. The van der Waals surface area contributed by atoms with Crippen LogP contribution in [0.25, 0.3) is 0 Å². The molecule has 66 heavy (non-hydrogen) atoms. The lowest BCUT2D eigenvalue weighted by Crippen LogP contribution is -2.36. The Hall–Kier alpha value is -7.39. The number of carbonyl (C=O) groups excluding carboxylic acids is 2. The predicted octanol–water partition coefficient (Wildman–Crippen LogP) is 6.64. The summed E-state index contributed by atoms with van der Waals surface area (Å²) >= 11 is 11.4. The fraction of sp³-hybridized carbons (Fsp3) is 0.270. The number of nitrogens with one attached hydrogen (secondary N) is 4. The number of carboxylic acid groups (broad SMARTS) is 1. The molecule has 0 aliphatic carbocycles. The van der Waals surface area contributed by atoms with Gasteiger partial charge in [0.2, 0.25) is 34.9 Å². The van der Waals surface area contributed by atoms with Gasteiger partial charge >= 0.3 is 18.2 Å². The molecule has 0 radical (unpaired) electrons. The van der Waals surface area contributed by atoms with Crippen LogP contribution in [0.2, 0.25) is 10.3 Å². The molecule has 3 amide bonds. The molecule has 354 valence electrons. The van der Waals surface area contributed by atoms with Crippen molar-refractivity contribution in [2.75, 3.05) is 50.8 Å². The van der Waals surface area contributed by atoms with Crippen LogP contribution >= 0.6 is 23.2 Å². The number of urea groups is 1. The number of carbonyl (C=O) groups is 3. The predicted molar refractivity (Wildman–Crippen MR) is 231 cm³/mol. The number of amides is 3. The average Bonchev–Trinajstić information content (AvgIpc) is 3.23. The summed E-state index contributed by atoms with van der Waals surface area (Å²) in [6, 6.07) is 8.44. The van der Waals surface area contributed by atoms with Gasteiger partial charge in [-0.25, -0.2) is 19.3 Å². The molecule has 0 fully saturated rings. The highest BCUT2D eigenvalue weighted by molar-refractivity contribution is 7.90. The van der Waals surface area contributed by atoms with E-state index in [1.165, 1.54) is 57.6 Å². The molecular weight excluding hydrogens is 948 g/mol. The quantitative estimate of drug-likeness (QED) is 0.0575. The van der Waals surface area contributed by atoms with E-state index in [2.05, 4.69) is 45.9 Å². The summed E-state index contributed by atoms with van der Waals surface area (Å²) in [6.45, 7) is 6.73. The first-order chi connectivity index (χ1) is 30.9. The molecule has 0 bridgehead atoms. The lowest BCUT2D eigenvalue weighted by atomic mass is 10.1. The minimum absolute atomic E-state index is 0.0913. The van der Waals surface area contributed by atoms with E-state index in [0.29, 0.717) is 18.0 Å². The molecule has 5 aromatic rings. The number of pyridine rings is 1. The summed E-state index contributed by atoms with van der Waals surface area (Å²) in [7, 11) is 1.15. The molecule has 3 heterocycles. The minimum atomic E-state index is -4.58. The van der Waals surface area contributed by atoms with Crippen LogP contribution in [0, 0.1) is 10.1 Å². The van der Waals surface area contributed by atoms with Crippen molar-refractivity contribution in [2.45, 2.75) is 38.0 Å². The number of nitro groups is 1. The Kier molecular flexibility index (Phi) is 18.9. The van der Waals surface area contributed by atoms with Crippen molar-refractivity contribution >= 4 is 74.7 Å². The second-order valence-corrected chi connectivity index (χ2v) is 15.3. The molecule has 5 N–H and O–H groups in total. The Morgan fingerprint density at radius 2 is 1.55 bits per heavy atom. The van der Waals surface area contributed by atoms with E-state index in [1.807, 2.05) is 20.8 Å². The SMILES string of the molecule is CCNc1nc(Cl)nc(NC(C)C)n1.COc1cc(OC)nc(NC(=O)NS(=O)(=O)c2ncccc2C(=O)N(C)C)n1.O=C(O)c1cc(Oc2ccc(C(F)(F)F)cc2Cl)ccc1[N+](=O)[O-]. The first-order valence-corrected chi connectivity index (χ1v) is 20.6. The fourth-order valence-corrected chi connectivity index (χ4v) is 6.10. The molecule has 0 aliphatic rings. The molecule has 0 atom stereocenters. The summed E-state index contributed by atoms with van der Waals surface area (Å²) < 4.78 is 79.6. The highest BCUT2D eigenvalue weighted by Crippen LogP contribution is 2.37. The molecule has 0 aliphatic heterocycles. The summed E-state index contributed by atoms with van der Waals surface area (Å²) in [5.41, 5.74) is -2.43. The smallest absolute Gasteiger partial charge is 0.416 e. The largest absolute Gasteiger partial charge is 0.481 e. The Bertz CT molecular complexity index is 2650. The summed E-state index contributed by atoms with van der Waals surface area (Å²) in [5.74, 6) is -1.50. The van der Waals surface area contributed by atoms with Gasteiger partial charge < -0.3 is 34.9 Å². The van der Waals surface area contributed by atoms with Crippen LogP contribution < -0.4 is 34.9 Å². The van der Waals surface area contributed by atoms with Crippen molar-refractivity contribution in [3.05, 3.63) is 97.9 Å². The molecule has 0 unspecified atom stereocenters. The highest BCUT2D eigenvalue weighted by atomic mass is 35.5. The number of alkyl halides is 3. The Labute approximate surface area is 383 Å². The lowest BCUT2D eigenvalue weighted by Gasteiger charge is -2.14. The second kappa shape index (κ2) is 23.5. The normalized spacial score (nSPS) is 10.8. The van der Waals surface area contributed by atoms with Gasteiger partial charge in [0, 0.05) is 45.0 Å². The number of nitrogens with zero attached hydrogens (tertiary/aromatic N) is 8. The van der Waals surface area contributed by atoms with Crippen LogP contribution in [0.4, 0.5) is 41.5 Å². The highest BCUT2D eigenvalue weighted by Gasteiger charge is 2.31. The number of ether oxygens (including phenoxy) is 3. The maximum Gasteiger partial charge on any atom is 0.416 e. The van der Waals surface area contributed by atoms with Crippen LogP contribution in [0.5, 0.6) is 23.3 Å².